The van der Waals surface area contributed by atoms with E-state index in [4.69, 9.17) is 0 Å². The van der Waals surface area contributed by atoms with Crippen molar-refractivity contribution >= 4 is 16.9 Å². The number of aliphatic hydroxyl groups excluding tert-OH is 1. The number of carbonyl (C=O) groups is 1. The fourth-order valence-corrected chi connectivity index (χ4v) is 4.72. The summed E-state index contributed by atoms with van der Waals surface area (Å²) >= 11 is 0. The van der Waals surface area contributed by atoms with Crippen LogP contribution >= 0.6 is 0 Å². The lowest BCUT2D eigenvalue weighted by molar-refractivity contribution is 0.0808. The first-order valence-corrected chi connectivity index (χ1v) is 11.4. The second kappa shape index (κ2) is 9.36. The molecule has 168 valence electrons. The lowest BCUT2D eigenvalue weighted by atomic mass is 9.87. The number of hydrogen-bond acceptors (Lipinski definition) is 6. The molecule has 1 saturated carbocycles. The number of aromatic nitrogens is 2. The maximum atomic E-state index is 13.3. The minimum absolute atomic E-state index is 0.0281. The highest BCUT2D eigenvalue weighted by Gasteiger charge is 2.27. The number of nitrogens with one attached hydrogen (secondary N) is 1. The van der Waals surface area contributed by atoms with Gasteiger partial charge in [0.1, 0.15) is 17.0 Å². The molecule has 2 fully saturated rings. The molecule has 3 N–H and O–H groups in total. The number of fused-ring (bicyclic) bond motifs is 1. The quantitative estimate of drug-likeness (QED) is 0.671. The molecule has 8 nitrogen and oxygen atoms in total. The van der Waals surface area contributed by atoms with E-state index in [1.165, 1.54) is 4.57 Å². The van der Waals surface area contributed by atoms with Gasteiger partial charge in [0.25, 0.3) is 11.5 Å². The van der Waals surface area contributed by atoms with Crippen molar-refractivity contribution in [2.75, 3.05) is 19.6 Å². The van der Waals surface area contributed by atoms with Gasteiger partial charge in [0.15, 0.2) is 0 Å². The van der Waals surface area contributed by atoms with Crippen LogP contribution in [0.1, 0.15) is 55.8 Å². The zero-order valence-electron chi connectivity index (χ0n) is 18.1. The Kier molecular flexibility index (Phi) is 6.57. The Labute approximate surface area is 181 Å². The molecule has 0 bridgehead atoms. The zero-order chi connectivity index (χ0) is 22.0. The van der Waals surface area contributed by atoms with Crippen molar-refractivity contribution in [2.24, 2.45) is 5.92 Å². The highest BCUT2D eigenvalue weighted by Crippen LogP contribution is 2.27. The SMILES string of the molecule is C[C@H]1CC[C@@H](NC(=O)c2c(O)c3cccnc3n(CCN3CCC(O)CC3)c2=O)CC1. The van der Waals surface area contributed by atoms with Crippen molar-refractivity contribution in [1.29, 1.82) is 0 Å². The molecular weight excluding hydrogens is 396 g/mol. The maximum Gasteiger partial charge on any atom is 0.268 e. The predicted octanol–water partition coefficient (Wildman–Crippen LogP) is 1.87. The molecule has 31 heavy (non-hydrogen) atoms. The number of amides is 1. The lowest BCUT2D eigenvalue weighted by Gasteiger charge is -2.29. The Balaban J connectivity index is 1.61. The van der Waals surface area contributed by atoms with E-state index in [9.17, 15) is 19.8 Å². The van der Waals surface area contributed by atoms with E-state index in [2.05, 4.69) is 22.1 Å². The minimum Gasteiger partial charge on any atom is -0.506 e. The monoisotopic (exact) mass is 428 g/mol. The molecule has 1 saturated heterocycles. The summed E-state index contributed by atoms with van der Waals surface area (Å²) in [6.45, 7) is 4.73. The van der Waals surface area contributed by atoms with Crippen molar-refractivity contribution in [3.63, 3.8) is 0 Å². The van der Waals surface area contributed by atoms with Crippen molar-refractivity contribution in [3.05, 3.63) is 34.2 Å². The maximum absolute atomic E-state index is 13.3. The van der Waals surface area contributed by atoms with E-state index in [0.29, 0.717) is 30.0 Å². The third-order valence-corrected chi connectivity index (χ3v) is 6.77. The summed E-state index contributed by atoms with van der Waals surface area (Å²) in [6, 6.07) is 3.40. The van der Waals surface area contributed by atoms with Gasteiger partial charge >= 0.3 is 0 Å². The number of aromatic hydroxyl groups is 1. The van der Waals surface area contributed by atoms with E-state index < -0.39 is 11.5 Å². The van der Waals surface area contributed by atoms with Crippen LogP contribution in [0.4, 0.5) is 0 Å². The molecule has 8 heteroatoms. The van der Waals surface area contributed by atoms with Crippen LogP contribution in [0.3, 0.4) is 0 Å². The summed E-state index contributed by atoms with van der Waals surface area (Å²) in [5, 5.41) is 23.9. The zero-order valence-corrected chi connectivity index (χ0v) is 18.1. The predicted molar refractivity (Wildman–Crippen MR) is 118 cm³/mol. The summed E-state index contributed by atoms with van der Waals surface area (Å²) in [6.07, 6.45) is 6.64. The fraction of sp³-hybridized carbons (Fsp3) is 0.609. The molecule has 0 unspecified atom stereocenters. The Bertz CT molecular complexity index is 989. The molecule has 4 rings (SSSR count). The average Bonchev–Trinajstić information content (AvgIpc) is 2.76. The second-order valence-corrected chi connectivity index (χ2v) is 9.06. The molecule has 2 aliphatic rings. The van der Waals surface area contributed by atoms with Crippen LogP contribution < -0.4 is 10.9 Å². The molecule has 1 amide bonds. The largest absolute Gasteiger partial charge is 0.506 e. The van der Waals surface area contributed by atoms with Crippen molar-refractivity contribution in [1.82, 2.24) is 19.8 Å². The van der Waals surface area contributed by atoms with Crippen LogP contribution in [-0.2, 0) is 6.54 Å². The normalized spacial score (nSPS) is 23.2. The topological polar surface area (TPSA) is 108 Å². The molecule has 1 aliphatic heterocycles. The van der Waals surface area contributed by atoms with Crippen LogP contribution in [-0.4, -0.2) is 62.4 Å². The van der Waals surface area contributed by atoms with E-state index >= 15 is 0 Å². The fourth-order valence-electron chi connectivity index (χ4n) is 4.72. The highest BCUT2D eigenvalue weighted by atomic mass is 16.3. The van der Waals surface area contributed by atoms with Crippen LogP contribution in [0.25, 0.3) is 11.0 Å². The van der Waals surface area contributed by atoms with Crippen molar-refractivity contribution in [2.45, 2.75) is 64.1 Å². The summed E-state index contributed by atoms with van der Waals surface area (Å²) in [5.74, 6) is -0.156. The first-order valence-electron chi connectivity index (χ1n) is 11.4. The first kappa shape index (κ1) is 21.8. The Morgan fingerprint density at radius 3 is 2.58 bits per heavy atom. The average molecular weight is 429 g/mol. The van der Waals surface area contributed by atoms with Crippen LogP contribution in [0.2, 0.25) is 0 Å². The van der Waals surface area contributed by atoms with E-state index in [-0.39, 0.29) is 23.5 Å². The summed E-state index contributed by atoms with van der Waals surface area (Å²) < 4.78 is 1.50. The lowest BCUT2D eigenvalue weighted by Crippen LogP contribution is -2.42. The molecule has 0 aromatic carbocycles. The van der Waals surface area contributed by atoms with Gasteiger partial charge in [-0.05, 0) is 56.6 Å². The summed E-state index contributed by atoms with van der Waals surface area (Å²) in [7, 11) is 0. The van der Waals surface area contributed by atoms with E-state index in [1.54, 1.807) is 18.3 Å². The van der Waals surface area contributed by atoms with Gasteiger partial charge in [0.05, 0.1) is 11.5 Å². The van der Waals surface area contributed by atoms with Gasteiger partial charge < -0.3 is 20.4 Å². The van der Waals surface area contributed by atoms with Crippen molar-refractivity contribution in [3.8, 4) is 5.75 Å². The van der Waals surface area contributed by atoms with Crippen molar-refractivity contribution < 1.29 is 15.0 Å². The third-order valence-electron chi connectivity index (χ3n) is 6.77. The Morgan fingerprint density at radius 1 is 1.16 bits per heavy atom. The van der Waals surface area contributed by atoms with Crippen LogP contribution in [0.5, 0.6) is 5.75 Å². The molecule has 0 spiro atoms. The second-order valence-electron chi connectivity index (χ2n) is 9.06. The molecule has 2 aromatic rings. The Morgan fingerprint density at radius 2 is 1.87 bits per heavy atom. The number of nitrogens with zero attached hydrogens (tertiary/aromatic N) is 3. The number of piperidine rings is 1. The molecule has 0 atom stereocenters. The standard InChI is InChI=1S/C23H32N4O4/c1-15-4-6-16(7-5-15)25-22(30)19-20(29)18-3-2-10-24-21(18)27(23(19)31)14-13-26-11-8-17(28)9-12-26/h2-3,10,15-17,28-29H,4-9,11-14H2,1H3,(H,25,30)/t15-,16+. The summed E-state index contributed by atoms with van der Waals surface area (Å²) in [5.41, 5.74) is -0.333. The first-order chi connectivity index (χ1) is 14.9. The highest BCUT2D eigenvalue weighted by molar-refractivity contribution is 6.01. The Hall–Kier alpha value is -2.45. The van der Waals surface area contributed by atoms with Gasteiger partial charge in [-0.1, -0.05) is 6.92 Å². The van der Waals surface area contributed by atoms with Gasteiger partial charge in [0.2, 0.25) is 0 Å². The van der Waals surface area contributed by atoms with Gasteiger partial charge in [-0.15, -0.1) is 0 Å². The number of carbonyl (C=O) groups excluding carboxylic acids is 1. The van der Waals surface area contributed by atoms with Gasteiger partial charge in [-0.25, -0.2) is 4.98 Å². The number of pyridine rings is 2. The molecular formula is C23H32N4O4. The smallest absolute Gasteiger partial charge is 0.268 e. The number of likely N-dealkylation sites (tertiary alicyclic amines) is 1. The third kappa shape index (κ3) is 4.75. The molecule has 2 aromatic heterocycles. The number of rotatable bonds is 5. The number of hydrogen-bond donors (Lipinski definition) is 3. The van der Waals surface area contributed by atoms with Crippen LogP contribution in [0.15, 0.2) is 23.1 Å². The summed E-state index contributed by atoms with van der Waals surface area (Å²) in [4.78, 5) is 32.9. The van der Waals surface area contributed by atoms with Gasteiger partial charge in [-0.3, -0.25) is 14.2 Å². The minimum atomic E-state index is -0.512. The van der Waals surface area contributed by atoms with E-state index in [0.717, 1.165) is 51.6 Å². The van der Waals surface area contributed by atoms with Crippen LogP contribution in [0, 0.1) is 5.92 Å². The van der Waals surface area contributed by atoms with E-state index in [1.807, 2.05) is 0 Å². The number of aliphatic hydroxyl groups is 1. The van der Waals surface area contributed by atoms with Gasteiger partial charge in [-0.2, -0.15) is 0 Å². The van der Waals surface area contributed by atoms with Gasteiger partial charge in [0, 0.05) is 38.4 Å². The molecule has 0 radical (unpaired) electrons. The molecule has 1 aliphatic carbocycles. The molecule has 3 heterocycles.